The van der Waals surface area contributed by atoms with Crippen molar-refractivity contribution in [3.8, 4) is 11.5 Å². The molecule has 0 aromatic heterocycles. The molecule has 0 bridgehead atoms. The topological polar surface area (TPSA) is 59.9 Å². The van der Waals surface area contributed by atoms with Crippen molar-refractivity contribution in [2.24, 2.45) is 5.10 Å². The maximum atomic E-state index is 12.1. The molecule has 1 amide bonds. The van der Waals surface area contributed by atoms with Gasteiger partial charge in [-0.05, 0) is 70.4 Å². The number of rotatable bonds is 8. The predicted octanol–water partition coefficient (Wildman–Crippen LogP) is 4.95. The van der Waals surface area contributed by atoms with Gasteiger partial charge in [-0.25, -0.2) is 5.43 Å². The van der Waals surface area contributed by atoms with Crippen LogP contribution in [0.4, 0.5) is 0 Å². The second-order valence-corrected chi connectivity index (χ2v) is 7.12. The largest absolute Gasteiger partial charge is 0.489 e. The highest BCUT2D eigenvalue weighted by atomic mass is 79.9. The summed E-state index contributed by atoms with van der Waals surface area (Å²) in [4.78, 5) is 12.1. The van der Waals surface area contributed by atoms with E-state index in [2.05, 4.69) is 26.5 Å². The average Bonchev–Trinajstić information content (AvgIpc) is 2.75. The molecule has 0 saturated carbocycles. The summed E-state index contributed by atoms with van der Waals surface area (Å²) in [6.07, 6.45) is 0.893. The lowest BCUT2D eigenvalue weighted by atomic mass is 10.2. The van der Waals surface area contributed by atoms with Gasteiger partial charge in [0.05, 0.1) is 10.7 Å². The molecule has 1 N–H and O–H groups in total. The molecule has 0 saturated heterocycles. The van der Waals surface area contributed by atoms with Crippen LogP contribution in [0.15, 0.2) is 88.4 Å². The van der Waals surface area contributed by atoms with Crippen LogP contribution >= 0.6 is 15.9 Å². The van der Waals surface area contributed by atoms with E-state index in [0.29, 0.717) is 12.4 Å². The van der Waals surface area contributed by atoms with E-state index in [-0.39, 0.29) is 5.91 Å². The number of carbonyl (C=O) groups is 1. The molecule has 0 aliphatic heterocycles. The van der Waals surface area contributed by atoms with Crippen molar-refractivity contribution in [2.75, 3.05) is 0 Å². The standard InChI is InChI=1S/C23H21BrN2O3/c1-17(29-22-10-6-5-9-21(22)24)23(27)26-25-15-18-11-13-20(14-12-18)28-16-19-7-3-2-4-8-19/h2-15,17H,16H2,1H3,(H,26,27). The Morgan fingerprint density at radius 1 is 1.03 bits per heavy atom. The molecule has 0 aliphatic rings. The number of amides is 1. The van der Waals surface area contributed by atoms with Gasteiger partial charge < -0.3 is 9.47 Å². The normalized spacial score (nSPS) is 11.8. The van der Waals surface area contributed by atoms with Gasteiger partial charge in [0.25, 0.3) is 5.91 Å². The van der Waals surface area contributed by atoms with Gasteiger partial charge in [-0.1, -0.05) is 42.5 Å². The first-order chi connectivity index (χ1) is 14.1. The first-order valence-electron chi connectivity index (χ1n) is 9.13. The fourth-order valence-corrected chi connectivity index (χ4v) is 2.81. The van der Waals surface area contributed by atoms with Crippen molar-refractivity contribution in [3.05, 3.63) is 94.5 Å². The summed E-state index contributed by atoms with van der Waals surface area (Å²) in [6, 6.07) is 24.8. The summed E-state index contributed by atoms with van der Waals surface area (Å²) >= 11 is 3.39. The molecule has 0 radical (unpaired) electrons. The number of hydrazone groups is 1. The number of hydrogen-bond acceptors (Lipinski definition) is 4. The molecule has 29 heavy (non-hydrogen) atoms. The molecule has 0 aliphatic carbocycles. The highest BCUT2D eigenvalue weighted by Crippen LogP contribution is 2.24. The van der Waals surface area contributed by atoms with Gasteiger partial charge in [-0.15, -0.1) is 0 Å². The molecule has 3 aromatic rings. The Hall–Kier alpha value is -3.12. The van der Waals surface area contributed by atoms with Crippen LogP contribution in [-0.2, 0) is 11.4 Å². The lowest BCUT2D eigenvalue weighted by Gasteiger charge is -2.13. The van der Waals surface area contributed by atoms with E-state index in [4.69, 9.17) is 9.47 Å². The predicted molar refractivity (Wildman–Crippen MR) is 117 cm³/mol. The second-order valence-electron chi connectivity index (χ2n) is 6.27. The van der Waals surface area contributed by atoms with E-state index in [1.165, 1.54) is 0 Å². The molecular weight excluding hydrogens is 432 g/mol. The Morgan fingerprint density at radius 2 is 1.72 bits per heavy atom. The Bertz CT molecular complexity index is 959. The fraction of sp³-hybridized carbons (Fsp3) is 0.130. The third-order valence-corrected chi connectivity index (χ3v) is 4.68. The van der Waals surface area contributed by atoms with Gasteiger partial charge in [0.2, 0.25) is 0 Å². The number of para-hydroxylation sites is 1. The van der Waals surface area contributed by atoms with Crippen molar-refractivity contribution in [1.82, 2.24) is 5.43 Å². The molecule has 5 nitrogen and oxygen atoms in total. The first kappa shape index (κ1) is 20.6. The van der Waals surface area contributed by atoms with Gasteiger partial charge in [0.15, 0.2) is 6.10 Å². The lowest BCUT2D eigenvalue weighted by molar-refractivity contribution is -0.127. The molecule has 0 heterocycles. The zero-order chi connectivity index (χ0) is 20.5. The summed E-state index contributed by atoms with van der Waals surface area (Å²) in [5, 5.41) is 3.99. The fourth-order valence-electron chi connectivity index (χ4n) is 2.44. The van der Waals surface area contributed by atoms with Crippen LogP contribution in [0.1, 0.15) is 18.1 Å². The zero-order valence-electron chi connectivity index (χ0n) is 15.9. The highest BCUT2D eigenvalue weighted by molar-refractivity contribution is 9.10. The van der Waals surface area contributed by atoms with Gasteiger partial charge in [0, 0.05) is 0 Å². The average molecular weight is 453 g/mol. The minimum atomic E-state index is -0.681. The smallest absolute Gasteiger partial charge is 0.280 e. The second kappa shape index (κ2) is 10.4. The van der Waals surface area contributed by atoms with Gasteiger partial charge in [-0.2, -0.15) is 5.10 Å². The number of halogens is 1. The van der Waals surface area contributed by atoms with Crippen molar-refractivity contribution in [1.29, 1.82) is 0 Å². The van der Waals surface area contributed by atoms with E-state index in [9.17, 15) is 4.79 Å². The van der Waals surface area contributed by atoms with Crippen LogP contribution in [0, 0.1) is 0 Å². The van der Waals surface area contributed by atoms with E-state index in [1.807, 2.05) is 72.8 Å². The van der Waals surface area contributed by atoms with Crippen molar-refractivity contribution < 1.29 is 14.3 Å². The Labute approximate surface area is 178 Å². The van der Waals surface area contributed by atoms with E-state index >= 15 is 0 Å². The minimum Gasteiger partial charge on any atom is -0.489 e. The number of benzene rings is 3. The molecule has 0 spiro atoms. The van der Waals surface area contributed by atoms with E-state index < -0.39 is 6.10 Å². The highest BCUT2D eigenvalue weighted by Gasteiger charge is 2.15. The number of nitrogens with zero attached hydrogens (tertiary/aromatic N) is 1. The van der Waals surface area contributed by atoms with Gasteiger partial charge in [-0.3, -0.25) is 4.79 Å². The lowest BCUT2D eigenvalue weighted by Crippen LogP contribution is -2.33. The quantitative estimate of drug-likeness (QED) is 0.388. The van der Waals surface area contributed by atoms with Crippen LogP contribution in [0.2, 0.25) is 0 Å². The molecule has 1 atom stereocenters. The van der Waals surface area contributed by atoms with E-state index in [0.717, 1.165) is 21.3 Å². The van der Waals surface area contributed by atoms with Crippen LogP contribution in [0.5, 0.6) is 11.5 Å². The van der Waals surface area contributed by atoms with E-state index in [1.54, 1.807) is 19.2 Å². The van der Waals surface area contributed by atoms with Crippen LogP contribution < -0.4 is 14.9 Å². The van der Waals surface area contributed by atoms with Crippen molar-refractivity contribution >= 4 is 28.1 Å². The third-order valence-electron chi connectivity index (χ3n) is 4.03. The summed E-state index contributed by atoms with van der Waals surface area (Å²) < 4.78 is 12.2. The van der Waals surface area contributed by atoms with Crippen molar-refractivity contribution in [3.63, 3.8) is 0 Å². The number of hydrogen-bond donors (Lipinski definition) is 1. The molecular formula is C23H21BrN2O3. The number of carbonyl (C=O) groups excluding carboxylic acids is 1. The number of ether oxygens (including phenoxy) is 2. The van der Waals surface area contributed by atoms with Gasteiger partial charge in [0.1, 0.15) is 18.1 Å². The number of nitrogens with one attached hydrogen (secondary N) is 1. The minimum absolute atomic E-state index is 0.334. The summed E-state index contributed by atoms with van der Waals surface area (Å²) in [7, 11) is 0. The maximum Gasteiger partial charge on any atom is 0.280 e. The summed E-state index contributed by atoms with van der Waals surface area (Å²) in [5.74, 6) is 1.04. The third kappa shape index (κ3) is 6.47. The summed E-state index contributed by atoms with van der Waals surface area (Å²) in [5.41, 5.74) is 4.45. The summed E-state index contributed by atoms with van der Waals surface area (Å²) in [6.45, 7) is 2.18. The molecule has 6 heteroatoms. The first-order valence-corrected chi connectivity index (χ1v) is 9.92. The Kier molecular flexibility index (Phi) is 7.41. The Balaban J connectivity index is 1.47. The molecule has 148 valence electrons. The molecule has 1 unspecified atom stereocenters. The maximum absolute atomic E-state index is 12.1. The van der Waals surface area contributed by atoms with Crippen molar-refractivity contribution in [2.45, 2.75) is 19.6 Å². The zero-order valence-corrected chi connectivity index (χ0v) is 17.5. The monoisotopic (exact) mass is 452 g/mol. The molecule has 0 fully saturated rings. The van der Waals surface area contributed by atoms with Crippen LogP contribution in [0.3, 0.4) is 0 Å². The SMILES string of the molecule is CC(Oc1ccccc1Br)C(=O)NN=Cc1ccc(OCc2ccccc2)cc1. The molecule has 3 aromatic carbocycles. The molecule has 3 rings (SSSR count). The van der Waals surface area contributed by atoms with Gasteiger partial charge >= 0.3 is 0 Å². The van der Waals surface area contributed by atoms with Crippen LogP contribution in [0.25, 0.3) is 0 Å². The van der Waals surface area contributed by atoms with Crippen LogP contribution in [-0.4, -0.2) is 18.2 Å². The Morgan fingerprint density at radius 3 is 2.45 bits per heavy atom.